The normalized spacial score (nSPS) is 16.5. The number of nitrogen functional groups attached to an aromatic ring is 1. The van der Waals surface area contributed by atoms with Gasteiger partial charge in [0.1, 0.15) is 4.83 Å². The molecule has 0 aliphatic heterocycles. The van der Waals surface area contributed by atoms with Crippen LogP contribution in [0.15, 0.2) is 9.95 Å². The average molecular weight is 381 g/mol. The van der Waals surface area contributed by atoms with Crippen LogP contribution in [0.4, 0.5) is 4.79 Å². The number of hydrogen-bond donors (Lipinski definition) is 3. The zero-order chi connectivity index (χ0) is 18.1. The second-order valence-corrected chi connectivity index (χ2v) is 8.04. The lowest BCUT2D eigenvalue weighted by Gasteiger charge is -2.17. The Balaban J connectivity index is 1.88. The van der Waals surface area contributed by atoms with Crippen LogP contribution in [0, 0.1) is 5.92 Å². The molecular weight excluding hydrogens is 362 g/mol. The lowest BCUT2D eigenvalue weighted by Crippen LogP contribution is -2.38. The average Bonchev–Trinajstić information content (AvgIpc) is 2.93. The van der Waals surface area contributed by atoms with Crippen molar-refractivity contribution in [2.24, 2.45) is 5.92 Å². The number of aryl methyl sites for hydroxylation is 1. The Morgan fingerprint density at radius 1 is 1.48 bits per heavy atom. The van der Waals surface area contributed by atoms with Crippen molar-refractivity contribution in [2.75, 3.05) is 18.6 Å². The minimum absolute atomic E-state index is 0.0648. The molecule has 1 aliphatic carbocycles. The summed E-state index contributed by atoms with van der Waals surface area (Å²) in [5.41, 5.74) is 0.787. The standard InChI is InChI=1S/C15H19N5O3S2/c1-7-3-4-8-9(5-7)25-12-11(8)13(22)20(16)15(19-12)24-6-10(21)18-14(23)17-2/h7H,3-6,16H2,1-2H3,(H2,17,18,21,23)/t7-/m0/s1. The summed E-state index contributed by atoms with van der Waals surface area (Å²) < 4.78 is 0.991. The number of aromatic nitrogens is 2. The van der Waals surface area contributed by atoms with E-state index in [0.29, 0.717) is 16.1 Å². The minimum atomic E-state index is -0.584. The fraction of sp³-hybridized carbons (Fsp3) is 0.467. The number of fused-ring (bicyclic) bond motifs is 3. The highest BCUT2D eigenvalue weighted by molar-refractivity contribution is 7.99. The largest absolute Gasteiger partial charge is 0.341 e. The van der Waals surface area contributed by atoms with Crippen molar-refractivity contribution < 1.29 is 9.59 Å². The number of amides is 3. The maximum atomic E-state index is 12.7. The summed E-state index contributed by atoms with van der Waals surface area (Å²) in [6.07, 6.45) is 2.88. The van der Waals surface area contributed by atoms with Gasteiger partial charge in [-0.15, -0.1) is 11.3 Å². The van der Waals surface area contributed by atoms with Crippen LogP contribution in [0.1, 0.15) is 23.8 Å². The predicted octanol–water partition coefficient (Wildman–Crippen LogP) is 0.844. The molecule has 0 bridgehead atoms. The van der Waals surface area contributed by atoms with Crippen molar-refractivity contribution in [1.82, 2.24) is 20.3 Å². The van der Waals surface area contributed by atoms with Gasteiger partial charge in [0.15, 0.2) is 5.16 Å². The molecule has 0 spiro atoms. The van der Waals surface area contributed by atoms with Gasteiger partial charge < -0.3 is 11.2 Å². The molecule has 0 unspecified atom stereocenters. The molecule has 4 N–H and O–H groups in total. The van der Waals surface area contributed by atoms with Crippen LogP contribution in [0.5, 0.6) is 0 Å². The topological polar surface area (TPSA) is 119 Å². The monoisotopic (exact) mass is 381 g/mol. The molecule has 0 fully saturated rings. The number of imide groups is 1. The third kappa shape index (κ3) is 3.49. The number of nitrogens with zero attached hydrogens (tertiary/aromatic N) is 2. The smallest absolute Gasteiger partial charge is 0.321 e. The van der Waals surface area contributed by atoms with Gasteiger partial charge in [-0.25, -0.2) is 14.5 Å². The number of rotatable bonds is 3. The lowest BCUT2D eigenvalue weighted by molar-refractivity contribution is -0.117. The molecule has 0 saturated heterocycles. The van der Waals surface area contributed by atoms with Crippen molar-refractivity contribution in [3.8, 4) is 0 Å². The quantitative estimate of drug-likeness (QED) is 0.412. The zero-order valence-corrected chi connectivity index (χ0v) is 15.6. The van der Waals surface area contributed by atoms with E-state index >= 15 is 0 Å². The third-order valence-electron chi connectivity index (χ3n) is 4.14. The van der Waals surface area contributed by atoms with E-state index in [0.717, 1.165) is 41.3 Å². The highest BCUT2D eigenvalue weighted by Gasteiger charge is 2.24. The van der Waals surface area contributed by atoms with Gasteiger partial charge in [0.05, 0.1) is 11.1 Å². The maximum Gasteiger partial charge on any atom is 0.321 e. The summed E-state index contributed by atoms with van der Waals surface area (Å²) in [5, 5.41) is 5.31. The van der Waals surface area contributed by atoms with Gasteiger partial charge in [0, 0.05) is 11.9 Å². The van der Waals surface area contributed by atoms with Gasteiger partial charge in [-0.2, -0.15) is 0 Å². The van der Waals surface area contributed by atoms with Crippen molar-refractivity contribution >= 4 is 45.3 Å². The van der Waals surface area contributed by atoms with Crippen LogP contribution in [0.3, 0.4) is 0 Å². The zero-order valence-electron chi connectivity index (χ0n) is 13.9. The molecular formula is C15H19N5O3S2. The van der Waals surface area contributed by atoms with Crippen LogP contribution in [0.25, 0.3) is 10.2 Å². The van der Waals surface area contributed by atoms with Gasteiger partial charge in [-0.05, 0) is 30.7 Å². The molecule has 0 radical (unpaired) electrons. The lowest BCUT2D eigenvalue weighted by atomic mass is 9.89. The molecule has 2 aromatic heterocycles. The Hall–Kier alpha value is -2.07. The van der Waals surface area contributed by atoms with Crippen molar-refractivity contribution in [2.45, 2.75) is 31.3 Å². The van der Waals surface area contributed by atoms with Crippen LogP contribution in [-0.2, 0) is 17.6 Å². The number of urea groups is 1. The summed E-state index contributed by atoms with van der Waals surface area (Å²) >= 11 is 2.56. The van der Waals surface area contributed by atoms with E-state index < -0.39 is 11.9 Å². The van der Waals surface area contributed by atoms with Gasteiger partial charge >= 0.3 is 6.03 Å². The number of carbonyl (C=O) groups is 2. The molecule has 2 aromatic rings. The molecule has 8 nitrogen and oxygen atoms in total. The summed E-state index contributed by atoms with van der Waals surface area (Å²) in [4.78, 5) is 41.8. The minimum Gasteiger partial charge on any atom is -0.341 e. The van der Waals surface area contributed by atoms with Crippen LogP contribution >= 0.6 is 23.1 Å². The van der Waals surface area contributed by atoms with Gasteiger partial charge in [-0.3, -0.25) is 14.9 Å². The molecule has 1 aliphatic rings. The summed E-state index contributed by atoms with van der Waals surface area (Å²) in [5.74, 6) is 5.94. The molecule has 10 heteroatoms. The first-order valence-electron chi connectivity index (χ1n) is 7.87. The molecule has 134 valence electrons. The van der Waals surface area contributed by atoms with Gasteiger partial charge in [-0.1, -0.05) is 18.7 Å². The van der Waals surface area contributed by atoms with Crippen molar-refractivity contribution in [3.05, 3.63) is 20.8 Å². The first kappa shape index (κ1) is 17.7. The summed E-state index contributed by atoms with van der Waals surface area (Å²) in [6.45, 7) is 2.20. The van der Waals surface area contributed by atoms with E-state index in [-0.39, 0.29) is 16.5 Å². The molecule has 0 aromatic carbocycles. The van der Waals surface area contributed by atoms with Crippen molar-refractivity contribution in [1.29, 1.82) is 0 Å². The highest BCUT2D eigenvalue weighted by atomic mass is 32.2. The number of nitrogens with one attached hydrogen (secondary N) is 2. The number of hydrogen-bond acceptors (Lipinski definition) is 7. The SMILES string of the molecule is CNC(=O)NC(=O)CSc1nc2sc3c(c2c(=O)n1N)CC[C@H](C)C3. The van der Waals surface area contributed by atoms with E-state index in [1.165, 1.54) is 23.3 Å². The van der Waals surface area contributed by atoms with E-state index in [2.05, 4.69) is 22.5 Å². The molecule has 2 heterocycles. The number of thiophene rings is 1. The first-order chi connectivity index (χ1) is 11.9. The maximum absolute atomic E-state index is 12.7. The van der Waals surface area contributed by atoms with E-state index in [4.69, 9.17) is 5.84 Å². The Morgan fingerprint density at radius 3 is 2.96 bits per heavy atom. The Morgan fingerprint density at radius 2 is 2.24 bits per heavy atom. The molecule has 0 saturated carbocycles. The van der Waals surface area contributed by atoms with Crippen molar-refractivity contribution in [3.63, 3.8) is 0 Å². The first-order valence-corrected chi connectivity index (χ1v) is 9.67. The molecule has 3 amide bonds. The Labute approximate surface area is 152 Å². The van der Waals surface area contributed by atoms with E-state index in [1.54, 1.807) is 0 Å². The predicted molar refractivity (Wildman–Crippen MR) is 98.5 cm³/mol. The van der Waals surface area contributed by atoms with Gasteiger partial charge in [0.2, 0.25) is 5.91 Å². The Kier molecular flexibility index (Phi) is 5.00. The fourth-order valence-electron chi connectivity index (χ4n) is 2.84. The number of thioether (sulfide) groups is 1. The highest BCUT2D eigenvalue weighted by Crippen LogP contribution is 2.36. The van der Waals surface area contributed by atoms with Crippen LogP contribution in [0.2, 0.25) is 0 Å². The molecule has 1 atom stereocenters. The van der Waals surface area contributed by atoms with Gasteiger partial charge in [0.25, 0.3) is 5.56 Å². The fourth-order valence-corrected chi connectivity index (χ4v) is 4.98. The Bertz CT molecular complexity index is 905. The second kappa shape index (κ2) is 7.04. The molecule has 3 rings (SSSR count). The number of nitrogens with two attached hydrogens (primary N) is 1. The number of carbonyl (C=O) groups excluding carboxylic acids is 2. The van der Waals surface area contributed by atoms with E-state index in [1.807, 2.05) is 0 Å². The van der Waals surface area contributed by atoms with E-state index in [9.17, 15) is 14.4 Å². The second-order valence-electron chi connectivity index (χ2n) is 6.02. The van der Waals surface area contributed by atoms with Crippen LogP contribution in [-0.4, -0.2) is 34.4 Å². The third-order valence-corrected chi connectivity index (χ3v) is 6.24. The molecule has 25 heavy (non-hydrogen) atoms. The van der Waals surface area contributed by atoms with Crippen LogP contribution < -0.4 is 22.0 Å². The summed E-state index contributed by atoms with van der Waals surface area (Å²) in [6, 6.07) is -0.584. The summed E-state index contributed by atoms with van der Waals surface area (Å²) in [7, 11) is 1.42.